The maximum absolute atomic E-state index is 12.6. The lowest BCUT2D eigenvalue weighted by molar-refractivity contribution is -0.138. The Balaban J connectivity index is 3.21. The molecule has 0 saturated carbocycles. The zero-order valence-corrected chi connectivity index (χ0v) is 14.7. The fraction of sp³-hybridized carbons (Fsp3) is 0.500. The van der Waals surface area contributed by atoms with Gasteiger partial charge >= 0.3 is 5.97 Å². The van der Waals surface area contributed by atoms with Crippen molar-refractivity contribution in [2.45, 2.75) is 50.5 Å². The molecule has 23 heavy (non-hydrogen) atoms. The lowest BCUT2D eigenvalue weighted by Crippen LogP contribution is -2.49. The maximum atomic E-state index is 12.6. The molecule has 0 aliphatic rings. The largest absolute Gasteiger partial charge is 0.481 e. The summed E-state index contributed by atoms with van der Waals surface area (Å²) in [5.74, 6) is -1.45. The molecular formula is C16H23NO5S. The first-order valence-electron chi connectivity index (χ1n) is 7.39. The van der Waals surface area contributed by atoms with E-state index in [2.05, 4.69) is 5.32 Å². The van der Waals surface area contributed by atoms with E-state index in [1.807, 2.05) is 13.8 Å². The minimum atomic E-state index is -3.42. The molecule has 0 aliphatic heterocycles. The predicted octanol–water partition coefficient (Wildman–Crippen LogP) is 2.16. The summed E-state index contributed by atoms with van der Waals surface area (Å²) in [5.41, 5.74) is 0.0205. The number of carbonyl (C=O) groups excluding carboxylic acids is 1. The minimum Gasteiger partial charge on any atom is -0.481 e. The Bertz CT molecular complexity index is 705. The summed E-state index contributed by atoms with van der Waals surface area (Å²) in [6.45, 7) is 5.33. The Labute approximate surface area is 136 Å². The SMILES string of the molecule is CCC(CC)(CC(=O)O)NC(=O)c1cc(S(C)(=O)=O)ccc1C. The smallest absolute Gasteiger partial charge is 0.305 e. The molecule has 0 aromatic heterocycles. The van der Waals surface area contributed by atoms with E-state index in [1.165, 1.54) is 12.1 Å². The second kappa shape index (κ2) is 7.12. The molecular weight excluding hydrogens is 318 g/mol. The van der Waals surface area contributed by atoms with Crippen molar-refractivity contribution in [1.82, 2.24) is 5.32 Å². The van der Waals surface area contributed by atoms with E-state index in [0.29, 0.717) is 18.4 Å². The molecule has 7 heteroatoms. The molecule has 0 spiro atoms. The van der Waals surface area contributed by atoms with Crippen molar-refractivity contribution >= 4 is 21.7 Å². The van der Waals surface area contributed by atoms with Gasteiger partial charge < -0.3 is 10.4 Å². The highest BCUT2D eigenvalue weighted by atomic mass is 32.2. The number of amides is 1. The zero-order valence-electron chi connectivity index (χ0n) is 13.8. The third kappa shape index (κ3) is 4.79. The van der Waals surface area contributed by atoms with E-state index in [4.69, 9.17) is 5.11 Å². The van der Waals surface area contributed by atoms with E-state index in [0.717, 1.165) is 6.26 Å². The van der Waals surface area contributed by atoms with E-state index in [1.54, 1.807) is 13.0 Å². The van der Waals surface area contributed by atoms with Crippen molar-refractivity contribution in [2.24, 2.45) is 0 Å². The summed E-state index contributed by atoms with van der Waals surface area (Å²) < 4.78 is 23.3. The molecule has 1 amide bonds. The number of carbonyl (C=O) groups is 2. The number of carboxylic acid groups (broad SMARTS) is 1. The number of hydrogen-bond donors (Lipinski definition) is 2. The van der Waals surface area contributed by atoms with Crippen LogP contribution in [-0.4, -0.2) is 37.2 Å². The van der Waals surface area contributed by atoms with Gasteiger partial charge in [-0.25, -0.2) is 8.42 Å². The van der Waals surface area contributed by atoms with Crippen LogP contribution in [0.2, 0.25) is 0 Å². The first-order valence-corrected chi connectivity index (χ1v) is 9.29. The fourth-order valence-corrected chi connectivity index (χ4v) is 3.04. The van der Waals surface area contributed by atoms with Crippen LogP contribution in [-0.2, 0) is 14.6 Å². The van der Waals surface area contributed by atoms with Crippen LogP contribution >= 0.6 is 0 Å². The van der Waals surface area contributed by atoms with Gasteiger partial charge in [0, 0.05) is 11.8 Å². The predicted molar refractivity (Wildman–Crippen MR) is 87.3 cm³/mol. The first-order chi connectivity index (χ1) is 10.5. The maximum Gasteiger partial charge on any atom is 0.305 e. The molecule has 0 unspecified atom stereocenters. The lowest BCUT2D eigenvalue weighted by Gasteiger charge is -2.31. The van der Waals surface area contributed by atoms with Gasteiger partial charge in [-0.15, -0.1) is 0 Å². The van der Waals surface area contributed by atoms with Gasteiger partial charge in [0.2, 0.25) is 0 Å². The summed E-state index contributed by atoms with van der Waals surface area (Å²) in [7, 11) is -3.42. The summed E-state index contributed by atoms with van der Waals surface area (Å²) in [6, 6.07) is 4.35. The van der Waals surface area contributed by atoms with Gasteiger partial charge in [0.25, 0.3) is 5.91 Å². The van der Waals surface area contributed by atoms with Crippen LogP contribution in [0.4, 0.5) is 0 Å². The van der Waals surface area contributed by atoms with Crippen LogP contribution in [0, 0.1) is 6.92 Å². The molecule has 1 aromatic carbocycles. The van der Waals surface area contributed by atoms with E-state index in [-0.39, 0.29) is 16.9 Å². The normalized spacial score (nSPS) is 12.0. The molecule has 0 bridgehead atoms. The Morgan fingerprint density at radius 1 is 1.22 bits per heavy atom. The van der Waals surface area contributed by atoms with Crippen LogP contribution in [0.25, 0.3) is 0 Å². The van der Waals surface area contributed by atoms with Crippen LogP contribution < -0.4 is 5.32 Å². The Kier molecular flexibility index (Phi) is 5.93. The molecule has 0 saturated heterocycles. The van der Waals surface area contributed by atoms with E-state index < -0.39 is 27.3 Å². The Morgan fingerprint density at radius 2 is 1.78 bits per heavy atom. The number of aryl methyl sites for hydroxylation is 1. The van der Waals surface area contributed by atoms with E-state index >= 15 is 0 Å². The minimum absolute atomic E-state index is 0.0603. The molecule has 6 nitrogen and oxygen atoms in total. The molecule has 0 atom stereocenters. The number of rotatable bonds is 7. The molecule has 1 rings (SSSR count). The molecule has 128 valence electrons. The fourth-order valence-electron chi connectivity index (χ4n) is 2.39. The second-order valence-electron chi connectivity index (χ2n) is 5.76. The molecule has 1 aromatic rings. The van der Waals surface area contributed by atoms with Crippen LogP contribution in [0.1, 0.15) is 49.0 Å². The number of carboxylic acids is 1. The highest BCUT2D eigenvalue weighted by Gasteiger charge is 2.31. The lowest BCUT2D eigenvalue weighted by atomic mass is 9.88. The van der Waals surface area contributed by atoms with Gasteiger partial charge in [-0.2, -0.15) is 0 Å². The highest BCUT2D eigenvalue weighted by Crippen LogP contribution is 2.22. The van der Waals surface area contributed by atoms with Crippen LogP contribution in [0.15, 0.2) is 23.1 Å². The number of benzene rings is 1. The molecule has 0 fully saturated rings. The van der Waals surface area contributed by atoms with E-state index in [9.17, 15) is 18.0 Å². The number of hydrogen-bond acceptors (Lipinski definition) is 4. The van der Waals surface area contributed by atoms with Gasteiger partial charge in [0.15, 0.2) is 9.84 Å². The quantitative estimate of drug-likeness (QED) is 0.791. The van der Waals surface area contributed by atoms with Crippen molar-refractivity contribution in [3.8, 4) is 0 Å². The third-order valence-corrected chi connectivity index (χ3v) is 5.21. The average molecular weight is 341 g/mol. The van der Waals surface area contributed by atoms with Gasteiger partial charge in [-0.3, -0.25) is 9.59 Å². The molecule has 2 N–H and O–H groups in total. The number of nitrogens with one attached hydrogen (secondary N) is 1. The highest BCUT2D eigenvalue weighted by molar-refractivity contribution is 7.90. The van der Waals surface area contributed by atoms with Crippen molar-refractivity contribution in [3.63, 3.8) is 0 Å². The second-order valence-corrected chi connectivity index (χ2v) is 7.78. The number of aliphatic carboxylic acids is 1. The van der Waals surface area contributed by atoms with Gasteiger partial charge in [-0.1, -0.05) is 19.9 Å². The van der Waals surface area contributed by atoms with Crippen LogP contribution in [0.5, 0.6) is 0 Å². The average Bonchev–Trinajstić information content (AvgIpc) is 2.45. The molecule has 0 aliphatic carbocycles. The Morgan fingerprint density at radius 3 is 2.22 bits per heavy atom. The molecule has 0 radical (unpaired) electrons. The topological polar surface area (TPSA) is 101 Å². The summed E-state index contributed by atoms with van der Waals surface area (Å²) in [6.07, 6.45) is 1.82. The monoisotopic (exact) mass is 341 g/mol. The van der Waals surface area contributed by atoms with Crippen molar-refractivity contribution in [3.05, 3.63) is 29.3 Å². The standard InChI is InChI=1S/C16H23NO5S/c1-5-16(6-2,10-14(18)19)17-15(20)13-9-12(23(4,21)22)8-7-11(13)3/h7-9H,5-6,10H2,1-4H3,(H,17,20)(H,18,19). The van der Waals surface area contributed by atoms with Gasteiger partial charge in [0.05, 0.1) is 16.9 Å². The van der Waals surface area contributed by atoms with Gasteiger partial charge in [0.1, 0.15) is 0 Å². The summed E-state index contributed by atoms with van der Waals surface area (Å²) in [4.78, 5) is 23.7. The van der Waals surface area contributed by atoms with Crippen molar-refractivity contribution in [2.75, 3.05) is 6.26 Å². The number of sulfone groups is 1. The zero-order chi connectivity index (χ0) is 17.8. The van der Waals surface area contributed by atoms with Crippen LogP contribution in [0.3, 0.4) is 0 Å². The van der Waals surface area contributed by atoms with Gasteiger partial charge in [-0.05, 0) is 37.5 Å². The van der Waals surface area contributed by atoms with Crippen molar-refractivity contribution < 1.29 is 23.1 Å². The summed E-state index contributed by atoms with van der Waals surface area (Å²) in [5, 5.41) is 11.9. The first kappa shape index (κ1) is 19.2. The Hall–Kier alpha value is -1.89. The third-order valence-electron chi connectivity index (χ3n) is 4.10. The molecule has 0 heterocycles. The van der Waals surface area contributed by atoms with Crippen molar-refractivity contribution in [1.29, 1.82) is 0 Å². The summed E-state index contributed by atoms with van der Waals surface area (Å²) >= 11 is 0.